The molecule has 2 aromatic carbocycles. The van der Waals surface area contributed by atoms with Gasteiger partial charge in [0.2, 0.25) is 5.91 Å². The Morgan fingerprint density at radius 3 is 2.33 bits per heavy atom. The summed E-state index contributed by atoms with van der Waals surface area (Å²) < 4.78 is 41.3. The van der Waals surface area contributed by atoms with Crippen molar-refractivity contribution in [1.29, 1.82) is 0 Å². The Morgan fingerprint density at radius 2 is 1.70 bits per heavy atom. The monoisotopic (exact) mass is 439 g/mol. The number of benzene rings is 2. The second kappa shape index (κ2) is 9.71. The first kappa shape index (κ1) is 22.4. The maximum absolute atomic E-state index is 13.8. The van der Waals surface area contributed by atoms with E-state index in [2.05, 4.69) is 15.1 Å². The molecule has 162 valence electrons. The van der Waals surface area contributed by atoms with E-state index < -0.39 is 24.4 Å². The summed E-state index contributed by atoms with van der Waals surface area (Å²) in [4.78, 5) is 16.8. The van der Waals surface area contributed by atoms with Crippen molar-refractivity contribution in [2.75, 3.05) is 38.1 Å². The number of hydrogen-bond donors (Lipinski definition) is 1. The van der Waals surface area contributed by atoms with E-state index in [1.165, 1.54) is 0 Å². The molecule has 1 N–H and O–H groups in total. The quantitative estimate of drug-likeness (QED) is 0.735. The highest BCUT2D eigenvalue weighted by atomic mass is 35.5. The molecule has 0 aliphatic carbocycles. The van der Waals surface area contributed by atoms with Gasteiger partial charge in [0.15, 0.2) is 0 Å². The fraction of sp³-hybridized carbons (Fsp3) is 0.409. The van der Waals surface area contributed by atoms with E-state index in [1.54, 1.807) is 36.4 Å². The number of anilines is 1. The number of amides is 1. The minimum absolute atomic E-state index is 0.0166. The zero-order valence-electron chi connectivity index (χ0n) is 16.8. The zero-order chi connectivity index (χ0) is 21.7. The number of likely N-dealkylation sites (N-methyl/N-ethyl adjacent to an activating group) is 1. The molecule has 0 radical (unpaired) electrons. The van der Waals surface area contributed by atoms with Crippen LogP contribution in [-0.2, 0) is 17.8 Å². The second-order valence-corrected chi connectivity index (χ2v) is 8.00. The standard InChI is InChI=1S/C22H25ClF3N3O/c1-28-10-12-29(13-11-28)20-5-3-2-4-17(20)14-19(22(24,25)26)21(30)27-15-16-6-8-18(23)9-7-16/h2-9,19H,10-15H2,1H3,(H,27,30). The molecule has 1 saturated heterocycles. The van der Waals surface area contributed by atoms with Gasteiger partial charge >= 0.3 is 6.18 Å². The summed E-state index contributed by atoms with van der Waals surface area (Å²) in [5, 5.41) is 2.95. The van der Waals surface area contributed by atoms with Gasteiger partial charge in [0.1, 0.15) is 5.92 Å². The molecule has 1 amide bonds. The van der Waals surface area contributed by atoms with E-state index in [9.17, 15) is 18.0 Å². The van der Waals surface area contributed by atoms with Crippen LogP contribution in [0.2, 0.25) is 5.02 Å². The van der Waals surface area contributed by atoms with Gasteiger partial charge in [-0.2, -0.15) is 13.2 Å². The van der Waals surface area contributed by atoms with E-state index in [-0.39, 0.29) is 6.54 Å². The summed E-state index contributed by atoms with van der Waals surface area (Å²) in [6, 6.07) is 13.7. The number of halogens is 4. The number of rotatable bonds is 6. The fourth-order valence-corrected chi connectivity index (χ4v) is 3.66. The average Bonchev–Trinajstić information content (AvgIpc) is 2.71. The van der Waals surface area contributed by atoms with Crippen molar-refractivity contribution < 1.29 is 18.0 Å². The summed E-state index contributed by atoms with van der Waals surface area (Å²) >= 11 is 5.82. The predicted octanol–water partition coefficient (Wildman–Crippen LogP) is 4.13. The van der Waals surface area contributed by atoms with Crippen LogP contribution in [0.3, 0.4) is 0 Å². The Balaban J connectivity index is 1.74. The molecule has 8 heteroatoms. The number of piperazine rings is 1. The smallest absolute Gasteiger partial charge is 0.369 e. The second-order valence-electron chi connectivity index (χ2n) is 7.56. The predicted molar refractivity (Wildman–Crippen MR) is 113 cm³/mol. The number of carbonyl (C=O) groups is 1. The molecular formula is C22H25ClF3N3O. The van der Waals surface area contributed by atoms with Gasteiger partial charge in [-0.25, -0.2) is 0 Å². The van der Waals surface area contributed by atoms with E-state index in [0.717, 1.165) is 31.9 Å². The fourth-order valence-electron chi connectivity index (χ4n) is 3.53. The molecule has 0 saturated carbocycles. The van der Waals surface area contributed by atoms with Crippen LogP contribution < -0.4 is 10.2 Å². The van der Waals surface area contributed by atoms with Gasteiger partial charge in [-0.1, -0.05) is 41.9 Å². The van der Waals surface area contributed by atoms with E-state index in [1.807, 2.05) is 19.2 Å². The molecule has 3 rings (SSSR count). The minimum Gasteiger partial charge on any atom is -0.369 e. The molecule has 1 unspecified atom stereocenters. The molecule has 4 nitrogen and oxygen atoms in total. The number of nitrogens with one attached hydrogen (secondary N) is 1. The lowest BCUT2D eigenvalue weighted by Gasteiger charge is -2.35. The number of carbonyl (C=O) groups excluding carboxylic acids is 1. The molecule has 1 heterocycles. The first-order chi connectivity index (χ1) is 14.2. The third kappa shape index (κ3) is 5.89. The molecule has 0 spiro atoms. The largest absolute Gasteiger partial charge is 0.400 e. The van der Waals surface area contributed by atoms with E-state index in [4.69, 9.17) is 11.6 Å². The van der Waals surface area contributed by atoms with Crippen molar-refractivity contribution in [3.63, 3.8) is 0 Å². The zero-order valence-corrected chi connectivity index (χ0v) is 17.5. The highest BCUT2D eigenvalue weighted by Crippen LogP contribution is 2.33. The Bertz CT molecular complexity index is 849. The molecule has 0 aromatic heterocycles. The molecule has 30 heavy (non-hydrogen) atoms. The van der Waals surface area contributed by atoms with Crippen LogP contribution >= 0.6 is 11.6 Å². The topological polar surface area (TPSA) is 35.6 Å². The normalized spacial score (nSPS) is 16.4. The lowest BCUT2D eigenvalue weighted by molar-refractivity contribution is -0.182. The molecule has 1 aliphatic heterocycles. The summed E-state index contributed by atoms with van der Waals surface area (Å²) in [6.07, 6.45) is -5.03. The van der Waals surface area contributed by atoms with Gasteiger partial charge in [-0.3, -0.25) is 4.79 Å². The minimum atomic E-state index is -4.64. The number of nitrogens with zero attached hydrogens (tertiary/aromatic N) is 2. The summed E-state index contributed by atoms with van der Waals surface area (Å²) in [7, 11) is 2.02. The van der Waals surface area contributed by atoms with Crippen molar-refractivity contribution in [2.24, 2.45) is 5.92 Å². The molecule has 1 fully saturated rings. The number of hydrogen-bond acceptors (Lipinski definition) is 3. The summed E-state index contributed by atoms with van der Waals surface area (Å²) in [5.41, 5.74) is 1.99. The molecular weight excluding hydrogens is 415 g/mol. The molecule has 0 bridgehead atoms. The van der Waals surface area contributed by atoms with Crippen LogP contribution in [0.4, 0.5) is 18.9 Å². The molecule has 1 atom stereocenters. The van der Waals surface area contributed by atoms with Crippen LogP contribution in [0, 0.1) is 5.92 Å². The highest BCUT2D eigenvalue weighted by Gasteiger charge is 2.45. The number of alkyl halides is 3. The van der Waals surface area contributed by atoms with Gasteiger partial charge in [-0.15, -0.1) is 0 Å². The van der Waals surface area contributed by atoms with Crippen LogP contribution in [-0.4, -0.2) is 50.2 Å². The Morgan fingerprint density at radius 1 is 1.07 bits per heavy atom. The van der Waals surface area contributed by atoms with Gasteiger partial charge in [0.05, 0.1) is 0 Å². The maximum atomic E-state index is 13.8. The van der Waals surface area contributed by atoms with E-state index in [0.29, 0.717) is 16.1 Å². The average molecular weight is 440 g/mol. The lowest BCUT2D eigenvalue weighted by atomic mass is 9.95. The Labute approximate surface area is 179 Å². The SMILES string of the molecule is CN1CCN(c2ccccc2CC(C(=O)NCc2ccc(Cl)cc2)C(F)(F)F)CC1. The van der Waals surface area contributed by atoms with Crippen LogP contribution in [0.1, 0.15) is 11.1 Å². The van der Waals surface area contributed by atoms with Crippen LogP contribution in [0.5, 0.6) is 0 Å². The van der Waals surface area contributed by atoms with Gasteiger partial charge in [0, 0.05) is 43.4 Å². The molecule has 1 aliphatic rings. The van der Waals surface area contributed by atoms with Crippen molar-refractivity contribution in [2.45, 2.75) is 19.1 Å². The van der Waals surface area contributed by atoms with Crippen LogP contribution in [0.15, 0.2) is 48.5 Å². The number of para-hydroxylation sites is 1. The summed E-state index contributed by atoms with van der Waals surface area (Å²) in [5.74, 6) is -3.14. The first-order valence-corrected chi connectivity index (χ1v) is 10.2. The molecule has 2 aromatic rings. The third-order valence-electron chi connectivity index (χ3n) is 5.35. The Kier molecular flexibility index (Phi) is 7.26. The highest BCUT2D eigenvalue weighted by molar-refractivity contribution is 6.30. The first-order valence-electron chi connectivity index (χ1n) is 9.84. The van der Waals surface area contributed by atoms with Gasteiger partial charge in [-0.05, 0) is 42.8 Å². The van der Waals surface area contributed by atoms with Crippen LogP contribution in [0.25, 0.3) is 0 Å². The van der Waals surface area contributed by atoms with Crippen molar-refractivity contribution in [3.8, 4) is 0 Å². The third-order valence-corrected chi connectivity index (χ3v) is 5.60. The Hall–Kier alpha value is -2.25. The van der Waals surface area contributed by atoms with Gasteiger partial charge < -0.3 is 15.1 Å². The van der Waals surface area contributed by atoms with Gasteiger partial charge in [0.25, 0.3) is 0 Å². The lowest BCUT2D eigenvalue weighted by Crippen LogP contribution is -2.45. The van der Waals surface area contributed by atoms with Crippen molar-refractivity contribution >= 4 is 23.2 Å². The summed E-state index contributed by atoms with van der Waals surface area (Å²) in [6.45, 7) is 3.19. The maximum Gasteiger partial charge on any atom is 0.400 e. The van der Waals surface area contributed by atoms with E-state index >= 15 is 0 Å². The van der Waals surface area contributed by atoms with Crippen molar-refractivity contribution in [3.05, 3.63) is 64.7 Å². The van der Waals surface area contributed by atoms with Crippen molar-refractivity contribution in [1.82, 2.24) is 10.2 Å².